The molecule has 0 amide bonds. The van der Waals surface area contributed by atoms with Gasteiger partial charge < -0.3 is 0 Å². The predicted molar refractivity (Wildman–Crippen MR) is 82.3 cm³/mol. The fourth-order valence-electron chi connectivity index (χ4n) is 2.49. The number of benzene rings is 2. The van der Waals surface area contributed by atoms with Crippen molar-refractivity contribution in [1.29, 1.82) is 0 Å². The van der Waals surface area contributed by atoms with Crippen molar-refractivity contribution in [2.45, 2.75) is 25.2 Å². The van der Waals surface area contributed by atoms with Gasteiger partial charge in [-0.15, -0.1) is 0 Å². The van der Waals surface area contributed by atoms with E-state index in [0.29, 0.717) is 17.3 Å². The summed E-state index contributed by atoms with van der Waals surface area (Å²) in [6.45, 7) is 2.07. The average molecular weight is 339 g/mol. The number of hydrogen-bond donors (Lipinski definition) is 0. The predicted octanol–water partition coefficient (Wildman–Crippen LogP) is 5.25. The lowest BCUT2D eigenvalue weighted by molar-refractivity contribution is 0.450. The first-order valence-electron chi connectivity index (χ1n) is 6.67. The quantitative estimate of drug-likeness (QED) is 0.653. The summed E-state index contributed by atoms with van der Waals surface area (Å²) < 4.78 is 27.3. The molecule has 0 aliphatic carbocycles. The molecule has 0 saturated heterocycles. The van der Waals surface area contributed by atoms with Crippen LogP contribution in [0.25, 0.3) is 0 Å². The smallest absolute Gasteiger partial charge is 0.126 e. The standard InChI is InChI=1S/C17H17BrF2/c1-2-17(12-18,14-6-4-3-5-7-14)11-13-10-15(19)8-9-16(13)20/h3-10H,2,11-12H2,1H3. The summed E-state index contributed by atoms with van der Waals surface area (Å²) in [4.78, 5) is 0. The zero-order valence-corrected chi connectivity index (χ0v) is 13.0. The van der Waals surface area contributed by atoms with E-state index in [1.165, 1.54) is 12.1 Å². The summed E-state index contributed by atoms with van der Waals surface area (Å²) in [5.74, 6) is -0.741. The zero-order chi connectivity index (χ0) is 14.6. The molecule has 0 aromatic heterocycles. The highest BCUT2D eigenvalue weighted by Gasteiger charge is 2.30. The molecule has 2 aromatic carbocycles. The maximum atomic E-state index is 13.9. The van der Waals surface area contributed by atoms with Gasteiger partial charge in [0.15, 0.2) is 0 Å². The molecule has 3 heteroatoms. The fraction of sp³-hybridized carbons (Fsp3) is 0.294. The summed E-state index contributed by atoms with van der Waals surface area (Å²) in [5, 5.41) is 0.705. The van der Waals surface area contributed by atoms with E-state index >= 15 is 0 Å². The molecule has 2 rings (SSSR count). The Kier molecular flexibility index (Phi) is 4.92. The second-order valence-corrected chi connectivity index (χ2v) is 5.61. The van der Waals surface area contributed by atoms with Crippen molar-refractivity contribution in [3.63, 3.8) is 0 Å². The van der Waals surface area contributed by atoms with Gasteiger partial charge in [-0.25, -0.2) is 8.78 Å². The third-order valence-corrected chi connectivity index (χ3v) is 4.93. The van der Waals surface area contributed by atoms with Gasteiger partial charge in [-0.1, -0.05) is 53.2 Å². The number of rotatable bonds is 5. The molecule has 1 atom stereocenters. The second kappa shape index (κ2) is 6.49. The lowest BCUT2D eigenvalue weighted by atomic mass is 9.75. The maximum absolute atomic E-state index is 13.9. The molecule has 0 N–H and O–H groups in total. The minimum absolute atomic E-state index is 0.226. The maximum Gasteiger partial charge on any atom is 0.126 e. The van der Waals surface area contributed by atoms with Gasteiger partial charge in [-0.05, 0) is 42.2 Å². The van der Waals surface area contributed by atoms with E-state index in [1.54, 1.807) is 0 Å². The Bertz CT molecular complexity index is 562. The second-order valence-electron chi connectivity index (χ2n) is 5.05. The summed E-state index contributed by atoms with van der Waals surface area (Å²) in [5.41, 5.74) is 1.34. The van der Waals surface area contributed by atoms with Crippen LogP contribution in [-0.2, 0) is 11.8 Å². The van der Waals surface area contributed by atoms with E-state index in [9.17, 15) is 8.78 Å². The van der Waals surface area contributed by atoms with Gasteiger partial charge >= 0.3 is 0 Å². The molecule has 0 radical (unpaired) electrons. The molecule has 2 aromatic rings. The van der Waals surface area contributed by atoms with Gasteiger partial charge in [0.2, 0.25) is 0 Å². The van der Waals surface area contributed by atoms with Crippen molar-refractivity contribution < 1.29 is 8.78 Å². The molecule has 0 aliphatic rings. The summed E-state index contributed by atoms with van der Waals surface area (Å²) in [6, 6.07) is 13.7. The number of halogens is 3. The Morgan fingerprint density at radius 1 is 1.05 bits per heavy atom. The van der Waals surface area contributed by atoms with Crippen molar-refractivity contribution in [2.75, 3.05) is 5.33 Å². The van der Waals surface area contributed by atoms with Crippen molar-refractivity contribution in [1.82, 2.24) is 0 Å². The monoisotopic (exact) mass is 338 g/mol. The molecular weight excluding hydrogens is 322 g/mol. The third-order valence-electron chi connectivity index (χ3n) is 3.86. The van der Waals surface area contributed by atoms with Crippen molar-refractivity contribution in [3.05, 3.63) is 71.3 Å². The van der Waals surface area contributed by atoms with E-state index < -0.39 is 5.82 Å². The topological polar surface area (TPSA) is 0 Å². The first-order valence-corrected chi connectivity index (χ1v) is 7.79. The highest BCUT2D eigenvalue weighted by Crippen LogP contribution is 2.34. The first-order chi connectivity index (χ1) is 9.61. The highest BCUT2D eigenvalue weighted by atomic mass is 79.9. The molecule has 106 valence electrons. The Balaban J connectivity index is 2.42. The average Bonchev–Trinajstić information content (AvgIpc) is 2.49. The van der Waals surface area contributed by atoms with Crippen LogP contribution in [0.3, 0.4) is 0 Å². The van der Waals surface area contributed by atoms with E-state index in [0.717, 1.165) is 18.1 Å². The molecule has 0 saturated carbocycles. The van der Waals surface area contributed by atoms with Crippen LogP contribution in [0.4, 0.5) is 8.78 Å². The molecule has 0 spiro atoms. The largest absolute Gasteiger partial charge is 0.207 e. The normalized spacial score (nSPS) is 14.0. The van der Waals surface area contributed by atoms with Crippen molar-refractivity contribution in [3.8, 4) is 0 Å². The zero-order valence-electron chi connectivity index (χ0n) is 11.4. The van der Waals surface area contributed by atoms with E-state index in [4.69, 9.17) is 0 Å². The minimum Gasteiger partial charge on any atom is -0.207 e. The number of hydrogen-bond acceptors (Lipinski definition) is 0. The molecule has 0 aliphatic heterocycles. The molecule has 0 fully saturated rings. The lowest BCUT2D eigenvalue weighted by Gasteiger charge is -2.32. The Hall–Kier alpha value is -1.22. The highest BCUT2D eigenvalue weighted by molar-refractivity contribution is 9.09. The van der Waals surface area contributed by atoms with Gasteiger partial charge in [0.1, 0.15) is 11.6 Å². The summed E-state index contributed by atoms with van der Waals surface area (Å²) >= 11 is 3.55. The SMILES string of the molecule is CCC(CBr)(Cc1cc(F)ccc1F)c1ccccc1. The van der Waals surface area contributed by atoms with E-state index in [-0.39, 0.29) is 11.2 Å². The van der Waals surface area contributed by atoms with Crippen LogP contribution >= 0.6 is 15.9 Å². The van der Waals surface area contributed by atoms with Crippen molar-refractivity contribution >= 4 is 15.9 Å². The molecule has 0 bridgehead atoms. The van der Waals surface area contributed by atoms with Gasteiger partial charge in [-0.2, -0.15) is 0 Å². The molecule has 0 nitrogen and oxygen atoms in total. The van der Waals surface area contributed by atoms with Crippen LogP contribution < -0.4 is 0 Å². The molecular formula is C17H17BrF2. The Morgan fingerprint density at radius 3 is 2.35 bits per heavy atom. The molecule has 20 heavy (non-hydrogen) atoms. The van der Waals surface area contributed by atoms with Crippen LogP contribution in [0.2, 0.25) is 0 Å². The van der Waals surface area contributed by atoms with Gasteiger partial charge in [0.25, 0.3) is 0 Å². The lowest BCUT2D eigenvalue weighted by Crippen LogP contribution is -2.30. The van der Waals surface area contributed by atoms with Crippen molar-refractivity contribution in [2.24, 2.45) is 0 Å². The molecule has 1 unspecified atom stereocenters. The van der Waals surface area contributed by atoms with E-state index in [2.05, 4.69) is 22.9 Å². The first kappa shape index (κ1) is 15.2. The summed E-state index contributed by atoms with van der Waals surface area (Å²) in [6.07, 6.45) is 1.32. The van der Waals surface area contributed by atoms with Crippen LogP contribution in [0, 0.1) is 11.6 Å². The van der Waals surface area contributed by atoms with E-state index in [1.807, 2.05) is 30.3 Å². The Morgan fingerprint density at radius 2 is 1.75 bits per heavy atom. The Labute approximate surface area is 127 Å². The fourth-order valence-corrected chi connectivity index (χ4v) is 3.40. The van der Waals surface area contributed by atoms with Crippen LogP contribution in [0.5, 0.6) is 0 Å². The molecule has 0 heterocycles. The van der Waals surface area contributed by atoms with Gasteiger partial charge in [0.05, 0.1) is 0 Å². The van der Waals surface area contributed by atoms with Crippen LogP contribution in [0.1, 0.15) is 24.5 Å². The third kappa shape index (κ3) is 3.09. The van der Waals surface area contributed by atoms with Gasteiger partial charge in [-0.3, -0.25) is 0 Å². The van der Waals surface area contributed by atoms with Crippen LogP contribution in [0.15, 0.2) is 48.5 Å². The van der Waals surface area contributed by atoms with Crippen LogP contribution in [-0.4, -0.2) is 5.33 Å². The summed E-state index contributed by atoms with van der Waals surface area (Å²) in [7, 11) is 0. The number of alkyl halides is 1. The van der Waals surface area contributed by atoms with Gasteiger partial charge in [0, 0.05) is 10.7 Å². The minimum atomic E-state index is -0.394.